The smallest absolute Gasteiger partial charge is 0.338 e. The normalized spacial score (nSPS) is 23.0. The van der Waals surface area contributed by atoms with Crippen LogP contribution >= 0.6 is 11.6 Å². The zero-order valence-corrected chi connectivity index (χ0v) is 20.3. The van der Waals surface area contributed by atoms with Crippen molar-refractivity contribution in [1.82, 2.24) is 9.21 Å². The molecule has 2 fully saturated rings. The molecule has 0 aromatic heterocycles. The molecule has 3 rings (SSSR count). The number of ether oxygens (including phenoxy) is 2. The van der Waals surface area contributed by atoms with E-state index in [4.69, 9.17) is 21.1 Å². The van der Waals surface area contributed by atoms with Gasteiger partial charge in [-0.25, -0.2) is 13.2 Å². The molecule has 1 aliphatic heterocycles. The van der Waals surface area contributed by atoms with E-state index in [1.54, 1.807) is 25.8 Å². The number of carbonyl (C=O) groups is 2. The fourth-order valence-corrected chi connectivity index (χ4v) is 6.37. The van der Waals surface area contributed by atoms with Crippen LogP contribution in [0.5, 0.6) is 0 Å². The highest BCUT2D eigenvalue weighted by molar-refractivity contribution is 7.89. The SMILES string of the molecule is CC1CN(S(=O)(=O)c2cc(C(=O)OCC(=O)N(C)C3CCCCC3)ccc2Cl)CC(C)O1. The number of sulfonamides is 1. The van der Waals surface area contributed by atoms with Gasteiger partial charge in [-0.3, -0.25) is 4.79 Å². The van der Waals surface area contributed by atoms with E-state index in [9.17, 15) is 18.0 Å². The van der Waals surface area contributed by atoms with Crippen molar-refractivity contribution < 1.29 is 27.5 Å². The van der Waals surface area contributed by atoms with E-state index in [2.05, 4.69) is 0 Å². The summed E-state index contributed by atoms with van der Waals surface area (Å²) in [6.07, 6.45) is 4.74. The van der Waals surface area contributed by atoms with E-state index in [1.165, 1.54) is 28.9 Å². The molecule has 1 aromatic rings. The number of hydrogen-bond acceptors (Lipinski definition) is 6. The van der Waals surface area contributed by atoms with E-state index in [0.29, 0.717) is 0 Å². The molecule has 32 heavy (non-hydrogen) atoms. The third kappa shape index (κ3) is 5.81. The molecule has 10 heteroatoms. The summed E-state index contributed by atoms with van der Waals surface area (Å²) >= 11 is 6.18. The number of amides is 1. The van der Waals surface area contributed by atoms with Crippen molar-refractivity contribution in [2.75, 3.05) is 26.7 Å². The Kier molecular flexibility index (Phi) is 8.19. The Hall–Kier alpha value is -1.68. The molecule has 1 aliphatic carbocycles. The Bertz CT molecular complexity index is 938. The van der Waals surface area contributed by atoms with Crippen molar-refractivity contribution in [3.05, 3.63) is 28.8 Å². The molecule has 2 unspecified atom stereocenters. The van der Waals surface area contributed by atoms with Crippen molar-refractivity contribution in [3.63, 3.8) is 0 Å². The summed E-state index contributed by atoms with van der Waals surface area (Å²) < 4.78 is 38.5. The largest absolute Gasteiger partial charge is 0.452 e. The van der Waals surface area contributed by atoms with Crippen LogP contribution in [0.3, 0.4) is 0 Å². The van der Waals surface area contributed by atoms with Crippen molar-refractivity contribution in [2.45, 2.75) is 69.1 Å². The fourth-order valence-electron chi connectivity index (χ4n) is 4.28. The second-order valence-electron chi connectivity index (χ2n) is 8.60. The molecule has 1 aromatic carbocycles. The lowest BCUT2D eigenvalue weighted by atomic mass is 9.94. The number of rotatable bonds is 6. The van der Waals surface area contributed by atoms with Crippen LogP contribution in [0.4, 0.5) is 0 Å². The van der Waals surface area contributed by atoms with E-state index >= 15 is 0 Å². The Balaban J connectivity index is 1.69. The molecule has 178 valence electrons. The maximum Gasteiger partial charge on any atom is 0.338 e. The Morgan fingerprint density at radius 2 is 1.78 bits per heavy atom. The van der Waals surface area contributed by atoms with Gasteiger partial charge in [-0.1, -0.05) is 30.9 Å². The zero-order valence-electron chi connectivity index (χ0n) is 18.8. The highest BCUT2D eigenvalue weighted by atomic mass is 35.5. The summed E-state index contributed by atoms with van der Waals surface area (Å²) in [7, 11) is -2.21. The Morgan fingerprint density at radius 3 is 2.41 bits per heavy atom. The van der Waals surface area contributed by atoms with E-state index in [1.807, 2.05) is 0 Å². The second kappa shape index (κ2) is 10.5. The molecule has 8 nitrogen and oxygen atoms in total. The van der Waals surface area contributed by atoms with Gasteiger partial charge in [0.25, 0.3) is 5.91 Å². The van der Waals surface area contributed by atoms with E-state index in [0.717, 1.165) is 25.7 Å². The number of likely N-dealkylation sites (N-methyl/N-ethyl adjacent to an activating group) is 1. The minimum Gasteiger partial charge on any atom is -0.452 e. The van der Waals surface area contributed by atoms with Gasteiger partial charge in [0.2, 0.25) is 10.0 Å². The lowest BCUT2D eigenvalue weighted by Gasteiger charge is -2.34. The molecule has 1 saturated heterocycles. The first-order chi connectivity index (χ1) is 15.1. The first-order valence-corrected chi connectivity index (χ1v) is 12.8. The minimum atomic E-state index is -3.94. The lowest BCUT2D eigenvalue weighted by molar-refractivity contribution is -0.135. The molecule has 1 saturated carbocycles. The molecule has 1 amide bonds. The van der Waals surface area contributed by atoms with Gasteiger partial charge in [0.05, 0.1) is 22.8 Å². The summed E-state index contributed by atoms with van der Waals surface area (Å²) in [4.78, 5) is 26.5. The third-order valence-corrected chi connectivity index (χ3v) is 8.33. The molecule has 2 atom stereocenters. The summed E-state index contributed by atoms with van der Waals surface area (Å²) in [5, 5.41) is 0.0152. The average molecular weight is 487 g/mol. The van der Waals surface area contributed by atoms with Gasteiger partial charge in [-0.05, 0) is 44.9 Å². The fraction of sp³-hybridized carbons (Fsp3) is 0.636. The van der Waals surface area contributed by atoms with Gasteiger partial charge in [-0.2, -0.15) is 4.31 Å². The summed E-state index contributed by atoms with van der Waals surface area (Å²) in [5.74, 6) is -1.05. The monoisotopic (exact) mass is 486 g/mol. The van der Waals surface area contributed by atoms with Crippen molar-refractivity contribution in [2.24, 2.45) is 0 Å². The first-order valence-electron chi connectivity index (χ1n) is 11.0. The van der Waals surface area contributed by atoms with Crippen LogP contribution < -0.4 is 0 Å². The van der Waals surface area contributed by atoms with Crippen LogP contribution in [0.2, 0.25) is 5.02 Å². The van der Waals surface area contributed by atoms with Crippen LogP contribution in [0, 0.1) is 0 Å². The van der Waals surface area contributed by atoms with E-state index < -0.39 is 22.6 Å². The number of benzene rings is 1. The second-order valence-corrected chi connectivity index (χ2v) is 10.9. The third-order valence-electron chi connectivity index (χ3n) is 6.01. The number of nitrogens with zero attached hydrogens (tertiary/aromatic N) is 2. The van der Waals surface area contributed by atoms with Crippen LogP contribution in [0.1, 0.15) is 56.3 Å². The number of carbonyl (C=O) groups excluding carboxylic acids is 2. The van der Waals surface area contributed by atoms with E-state index in [-0.39, 0.29) is 52.7 Å². The van der Waals surface area contributed by atoms with Gasteiger partial charge in [0, 0.05) is 26.2 Å². The van der Waals surface area contributed by atoms with Gasteiger partial charge in [-0.15, -0.1) is 0 Å². The maximum absolute atomic E-state index is 13.2. The topological polar surface area (TPSA) is 93.2 Å². The van der Waals surface area contributed by atoms with Gasteiger partial charge in [0.1, 0.15) is 4.90 Å². The van der Waals surface area contributed by atoms with Crippen molar-refractivity contribution in [1.29, 1.82) is 0 Å². The minimum absolute atomic E-state index is 0.0152. The highest BCUT2D eigenvalue weighted by Gasteiger charge is 2.34. The molecule has 0 radical (unpaired) electrons. The molecular weight excluding hydrogens is 456 g/mol. The standard InChI is InChI=1S/C22H31ClN2O6S/c1-15-12-25(13-16(2)31-15)32(28,29)20-11-17(9-10-19(20)23)22(27)30-14-21(26)24(3)18-7-5-4-6-8-18/h9-11,15-16,18H,4-8,12-14H2,1-3H3. The number of hydrogen-bond donors (Lipinski definition) is 0. The summed E-state index contributed by atoms with van der Waals surface area (Å²) in [6.45, 7) is 3.60. The number of halogens is 1. The van der Waals surface area contributed by atoms with Crippen LogP contribution in [0.25, 0.3) is 0 Å². The lowest BCUT2D eigenvalue weighted by Crippen LogP contribution is -2.48. The molecule has 0 spiro atoms. The molecular formula is C22H31ClN2O6S. The zero-order chi connectivity index (χ0) is 23.5. The van der Waals surface area contributed by atoms with Crippen molar-refractivity contribution >= 4 is 33.5 Å². The number of esters is 1. The van der Waals surface area contributed by atoms with Gasteiger partial charge >= 0.3 is 5.97 Å². The van der Waals surface area contributed by atoms with Crippen LogP contribution in [-0.2, 0) is 24.3 Å². The maximum atomic E-state index is 13.2. The van der Waals surface area contributed by atoms with Gasteiger partial charge < -0.3 is 14.4 Å². The predicted octanol–water partition coefficient (Wildman–Crippen LogP) is 3.09. The summed E-state index contributed by atoms with van der Waals surface area (Å²) in [5.41, 5.74) is 0.0236. The predicted molar refractivity (Wildman–Crippen MR) is 120 cm³/mol. The molecule has 0 N–H and O–H groups in total. The van der Waals surface area contributed by atoms with Crippen LogP contribution in [-0.4, -0.2) is 74.5 Å². The van der Waals surface area contributed by atoms with Gasteiger partial charge in [0.15, 0.2) is 6.61 Å². The summed E-state index contributed by atoms with van der Waals surface area (Å²) in [6, 6.07) is 4.12. The average Bonchev–Trinajstić information content (AvgIpc) is 2.76. The highest BCUT2D eigenvalue weighted by Crippen LogP contribution is 2.28. The molecule has 2 aliphatic rings. The first kappa shape index (κ1) is 25.0. The Morgan fingerprint density at radius 1 is 1.16 bits per heavy atom. The number of morpholine rings is 1. The quantitative estimate of drug-likeness (QED) is 0.573. The van der Waals surface area contributed by atoms with Crippen molar-refractivity contribution in [3.8, 4) is 0 Å². The molecule has 1 heterocycles. The van der Waals surface area contributed by atoms with Crippen LogP contribution in [0.15, 0.2) is 23.1 Å². The molecule has 0 bridgehead atoms. The Labute approximate surface area is 194 Å².